The van der Waals surface area contributed by atoms with Crippen molar-refractivity contribution in [2.24, 2.45) is 0 Å². The fraction of sp³-hybridized carbons (Fsp3) is 0.286. The first-order valence-corrected chi connectivity index (χ1v) is 10.4. The summed E-state index contributed by atoms with van der Waals surface area (Å²) in [6.45, 7) is 2.68. The summed E-state index contributed by atoms with van der Waals surface area (Å²) in [7, 11) is 0. The number of benzene rings is 2. The number of anilines is 1. The van der Waals surface area contributed by atoms with E-state index in [1.807, 2.05) is 25.1 Å². The van der Waals surface area contributed by atoms with Crippen LogP contribution in [0.3, 0.4) is 0 Å². The molecule has 7 heteroatoms. The lowest BCUT2D eigenvalue weighted by molar-refractivity contribution is -0.139. The largest absolute Gasteiger partial charge is 0.315 e. The van der Waals surface area contributed by atoms with E-state index in [1.54, 1.807) is 34.1 Å². The summed E-state index contributed by atoms with van der Waals surface area (Å²) in [6.07, 6.45) is 0.343. The summed E-state index contributed by atoms with van der Waals surface area (Å²) in [5, 5.41) is 9.70. The molecule has 2 aliphatic heterocycles. The molecule has 0 radical (unpaired) electrons. The summed E-state index contributed by atoms with van der Waals surface area (Å²) in [5.74, 6) is 0.523. The minimum Gasteiger partial charge on any atom is -0.315 e. The number of halogens is 1. The van der Waals surface area contributed by atoms with Gasteiger partial charge in [-0.05, 0) is 35.9 Å². The van der Waals surface area contributed by atoms with Crippen LogP contribution in [0.25, 0.3) is 0 Å². The molecule has 0 saturated carbocycles. The predicted octanol–water partition coefficient (Wildman–Crippen LogP) is 3.90. The number of carbonyl (C=O) groups excluding carboxylic acids is 2. The Morgan fingerprint density at radius 1 is 1.32 bits per heavy atom. The fourth-order valence-electron chi connectivity index (χ4n) is 3.91. The highest BCUT2D eigenvalue weighted by atomic mass is 35.5. The second-order valence-electron chi connectivity index (χ2n) is 6.76. The van der Waals surface area contributed by atoms with Gasteiger partial charge in [0.25, 0.3) is 5.91 Å². The first-order chi connectivity index (χ1) is 13.5. The number of nitriles is 1. The van der Waals surface area contributed by atoms with Crippen LogP contribution in [0, 0.1) is 11.3 Å². The molecule has 2 aliphatic rings. The molecule has 5 nitrogen and oxygen atoms in total. The van der Waals surface area contributed by atoms with E-state index >= 15 is 0 Å². The molecule has 1 fully saturated rings. The molecule has 1 saturated heterocycles. The standard InChI is InChI=1S/C21H18ClN3O2S/c1-2-19(26)25-8-9-28-21(25)17-11-16(22)6-7-18(17)24(20(21)27)13-15-5-3-4-14(10-15)12-23/h3-7,10-11H,2,8-9,13H2,1H3. The Bertz CT molecular complexity index is 1020. The first-order valence-electron chi connectivity index (χ1n) is 9.06. The molecule has 2 aromatic carbocycles. The number of hydrogen-bond acceptors (Lipinski definition) is 4. The molecule has 2 amide bonds. The van der Waals surface area contributed by atoms with Gasteiger partial charge in [-0.25, -0.2) is 0 Å². The SMILES string of the molecule is CCC(=O)N1CCSC12C(=O)N(Cc1cccc(C#N)c1)c1ccc(Cl)cc12. The van der Waals surface area contributed by atoms with Gasteiger partial charge in [-0.3, -0.25) is 9.59 Å². The van der Waals surface area contributed by atoms with E-state index in [0.29, 0.717) is 35.8 Å². The molecule has 1 atom stereocenters. The topological polar surface area (TPSA) is 64.4 Å². The molecular weight excluding hydrogens is 394 g/mol. The molecule has 2 aromatic rings. The number of hydrogen-bond donors (Lipinski definition) is 0. The second-order valence-corrected chi connectivity index (χ2v) is 8.48. The van der Waals surface area contributed by atoms with Crippen LogP contribution in [0.1, 0.15) is 30.0 Å². The predicted molar refractivity (Wildman–Crippen MR) is 110 cm³/mol. The maximum Gasteiger partial charge on any atom is 0.268 e. The maximum absolute atomic E-state index is 13.7. The van der Waals surface area contributed by atoms with Crippen molar-refractivity contribution in [2.45, 2.75) is 24.8 Å². The van der Waals surface area contributed by atoms with Gasteiger partial charge < -0.3 is 9.80 Å². The van der Waals surface area contributed by atoms with Crippen molar-refractivity contribution < 1.29 is 9.59 Å². The van der Waals surface area contributed by atoms with Crippen LogP contribution < -0.4 is 4.90 Å². The van der Waals surface area contributed by atoms with Gasteiger partial charge in [0.2, 0.25) is 5.91 Å². The van der Waals surface area contributed by atoms with Crippen molar-refractivity contribution in [1.82, 2.24) is 4.90 Å². The lowest BCUT2D eigenvalue weighted by atomic mass is 10.1. The van der Waals surface area contributed by atoms with Crippen molar-refractivity contribution in [3.05, 3.63) is 64.2 Å². The lowest BCUT2D eigenvalue weighted by Crippen LogP contribution is -2.50. The first kappa shape index (κ1) is 18.9. The van der Waals surface area contributed by atoms with Gasteiger partial charge in [0, 0.05) is 29.3 Å². The Hall–Kier alpha value is -2.49. The van der Waals surface area contributed by atoms with E-state index in [9.17, 15) is 9.59 Å². The molecule has 142 valence electrons. The minimum absolute atomic E-state index is 0.0439. The van der Waals surface area contributed by atoms with Crippen LogP contribution in [-0.2, 0) is 21.0 Å². The number of fused-ring (bicyclic) bond motifs is 2. The zero-order chi connectivity index (χ0) is 19.9. The summed E-state index contributed by atoms with van der Waals surface area (Å²) in [4.78, 5) is 28.7. The van der Waals surface area contributed by atoms with Crippen LogP contribution in [0.2, 0.25) is 5.02 Å². The smallest absolute Gasteiger partial charge is 0.268 e. The maximum atomic E-state index is 13.7. The highest BCUT2D eigenvalue weighted by Gasteiger charge is 2.59. The molecule has 28 heavy (non-hydrogen) atoms. The number of nitrogens with zero attached hydrogens (tertiary/aromatic N) is 3. The fourth-order valence-corrected chi connectivity index (χ4v) is 5.56. The average molecular weight is 412 g/mol. The highest BCUT2D eigenvalue weighted by molar-refractivity contribution is 8.01. The van der Waals surface area contributed by atoms with E-state index in [-0.39, 0.29) is 11.8 Å². The van der Waals surface area contributed by atoms with Gasteiger partial charge in [0.15, 0.2) is 4.87 Å². The molecule has 0 aliphatic carbocycles. The van der Waals surface area contributed by atoms with Gasteiger partial charge in [0.05, 0.1) is 23.9 Å². The van der Waals surface area contributed by atoms with E-state index < -0.39 is 4.87 Å². The molecule has 1 spiro atoms. The van der Waals surface area contributed by atoms with Crippen LogP contribution >= 0.6 is 23.4 Å². The lowest BCUT2D eigenvalue weighted by Gasteiger charge is -2.33. The quantitative estimate of drug-likeness (QED) is 0.768. The minimum atomic E-state index is -1.06. The van der Waals surface area contributed by atoms with Crippen molar-refractivity contribution >= 4 is 40.9 Å². The monoisotopic (exact) mass is 411 g/mol. The third-order valence-corrected chi connectivity index (χ3v) is 6.81. The van der Waals surface area contributed by atoms with Crippen molar-refractivity contribution in [3.8, 4) is 6.07 Å². The molecule has 0 aromatic heterocycles. The Balaban J connectivity index is 1.81. The number of carbonyl (C=O) groups is 2. The number of thioether (sulfide) groups is 1. The normalized spacial score (nSPS) is 20.5. The number of amides is 2. The van der Waals surface area contributed by atoms with Gasteiger partial charge >= 0.3 is 0 Å². The molecule has 4 rings (SSSR count). The highest BCUT2D eigenvalue weighted by Crippen LogP contribution is 2.55. The summed E-state index contributed by atoms with van der Waals surface area (Å²) < 4.78 is 0. The van der Waals surface area contributed by atoms with Crippen LogP contribution in [0.4, 0.5) is 5.69 Å². The second kappa shape index (κ2) is 7.16. The van der Waals surface area contributed by atoms with E-state index in [0.717, 1.165) is 16.8 Å². The Morgan fingerprint density at radius 2 is 2.14 bits per heavy atom. The van der Waals surface area contributed by atoms with Crippen LogP contribution in [0.5, 0.6) is 0 Å². The summed E-state index contributed by atoms with van der Waals surface area (Å²) >= 11 is 7.75. The Kier molecular flexibility index (Phi) is 4.82. The van der Waals surface area contributed by atoms with E-state index in [4.69, 9.17) is 16.9 Å². The van der Waals surface area contributed by atoms with E-state index in [2.05, 4.69) is 6.07 Å². The Morgan fingerprint density at radius 3 is 2.89 bits per heavy atom. The van der Waals surface area contributed by atoms with Crippen molar-refractivity contribution in [2.75, 3.05) is 17.2 Å². The number of rotatable bonds is 3. The van der Waals surface area contributed by atoms with Crippen LogP contribution in [-0.4, -0.2) is 29.0 Å². The summed E-state index contributed by atoms with van der Waals surface area (Å²) in [5.41, 5.74) is 2.95. The zero-order valence-corrected chi connectivity index (χ0v) is 16.9. The van der Waals surface area contributed by atoms with Gasteiger partial charge in [-0.15, -0.1) is 11.8 Å². The molecule has 0 N–H and O–H groups in total. The Labute approximate surface area is 172 Å². The average Bonchev–Trinajstić information content (AvgIpc) is 3.25. The molecule has 2 heterocycles. The van der Waals surface area contributed by atoms with E-state index in [1.165, 1.54) is 11.8 Å². The third-order valence-electron chi connectivity index (χ3n) is 5.16. The third kappa shape index (κ3) is 2.78. The van der Waals surface area contributed by atoms with Gasteiger partial charge in [-0.1, -0.05) is 30.7 Å². The molecule has 1 unspecified atom stereocenters. The zero-order valence-electron chi connectivity index (χ0n) is 15.3. The van der Waals surface area contributed by atoms with Crippen molar-refractivity contribution in [1.29, 1.82) is 5.26 Å². The van der Waals surface area contributed by atoms with Crippen LogP contribution in [0.15, 0.2) is 42.5 Å². The molecular formula is C21H18ClN3O2S. The summed E-state index contributed by atoms with van der Waals surface area (Å²) in [6, 6.07) is 14.8. The molecule has 0 bridgehead atoms. The van der Waals surface area contributed by atoms with Crippen molar-refractivity contribution in [3.63, 3.8) is 0 Å². The van der Waals surface area contributed by atoms with Gasteiger partial charge in [-0.2, -0.15) is 5.26 Å². The van der Waals surface area contributed by atoms with Gasteiger partial charge in [0.1, 0.15) is 0 Å².